The maximum absolute atomic E-state index is 5.39. The predicted molar refractivity (Wildman–Crippen MR) is 61.2 cm³/mol. The van der Waals surface area contributed by atoms with Gasteiger partial charge in [0, 0.05) is 25.2 Å². The Morgan fingerprint density at radius 1 is 1.40 bits per heavy atom. The van der Waals surface area contributed by atoms with Crippen LogP contribution in [0.3, 0.4) is 0 Å². The SMILES string of the molecule is COc1ccccc1[C@@H]1CNCCN1C. The average molecular weight is 206 g/mol. The highest BCUT2D eigenvalue weighted by Gasteiger charge is 2.22. The van der Waals surface area contributed by atoms with Gasteiger partial charge in [0.25, 0.3) is 0 Å². The molecule has 1 aliphatic heterocycles. The van der Waals surface area contributed by atoms with Crippen LogP contribution in [0.1, 0.15) is 11.6 Å². The monoisotopic (exact) mass is 206 g/mol. The van der Waals surface area contributed by atoms with Crippen LogP contribution in [0, 0.1) is 0 Å². The van der Waals surface area contributed by atoms with Gasteiger partial charge in [-0.05, 0) is 13.1 Å². The first-order valence-electron chi connectivity index (χ1n) is 5.37. The first-order chi connectivity index (χ1) is 7.33. The van der Waals surface area contributed by atoms with E-state index >= 15 is 0 Å². The molecule has 0 aromatic heterocycles. The normalized spacial score (nSPS) is 22.7. The van der Waals surface area contributed by atoms with Crippen LogP contribution in [-0.4, -0.2) is 38.7 Å². The molecule has 0 amide bonds. The van der Waals surface area contributed by atoms with Gasteiger partial charge < -0.3 is 10.1 Å². The number of benzene rings is 1. The van der Waals surface area contributed by atoms with E-state index in [1.807, 2.05) is 12.1 Å². The van der Waals surface area contributed by atoms with E-state index in [0.29, 0.717) is 6.04 Å². The largest absolute Gasteiger partial charge is 0.496 e. The van der Waals surface area contributed by atoms with Crippen molar-refractivity contribution in [2.75, 3.05) is 33.8 Å². The van der Waals surface area contributed by atoms with E-state index in [1.54, 1.807) is 7.11 Å². The van der Waals surface area contributed by atoms with Gasteiger partial charge in [-0.1, -0.05) is 18.2 Å². The van der Waals surface area contributed by atoms with Crippen LogP contribution in [0.5, 0.6) is 5.75 Å². The van der Waals surface area contributed by atoms with E-state index in [1.165, 1.54) is 5.56 Å². The molecular weight excluding hydrogens is 188 g/mol. The minimum atomic E-state index is 0.426. The van der Waals surface area contributed by atoms with Crippen LogP contribution >= 0.6 is 0 Å². The van der Waals surface area contributed by atoms with Crippen molar-refractivity contribution in [1.82, 2.24) is 10.2 Å². The first-order valence-corrected chi connectivity index (χ1v) is 5.37. The summed E-state index contributed by atoms with van der Waals surface area (Å²) in [4.78, 5) is 2.37. The Morgan fingerprint density at radius 2 is 2.20 bits per heavy atom. The molecule has 0 spiro atoms. The van der Waals surface area contributed by atoms with Crippen molar-refractivity contribution in [2.24, 2.45) is 0 Å². The van der Waals surface area contributed by atoms with Crippen molar-refractivity contribution >= 4 is 0 Å². The molecule has 0 bridgehead atoms. The molecule has 1 aromatic carbocycles. The number of para-hydroxylation sites is 1. The Bertz CT molecular complexity index is 327. The Labute approximate surface area is 91.0 Å². The highest BCUT2D eigenvalue weighted by atomic mass is 16.5. The molecule has 3 nitrogen and oxygen atoms in total. The van der Waals surface area contributed by atoms with Gasteiger partial charge >= 0.3 is 0 Å². The molecule has 0 aliphatic carbocycles. The van der Waals surface area contributed by atoms with Crippen molar-refractivity contribution in [3.63, 3.8) is 0 Å². The minimum absolute atomic E-state index is 0.426. The van der Waals surface area contributed by atoms with Gasteiger partial charge in [0.15, 0.2) is 0 Å². The van der Waals surface area contributed by atoms with E-state index in [4.69, 9.17) is 4.74 Å². The fourth-order valence-corrected chi connectivity index (χ4v) is 2.09. The van der Waals surface area contributed by atoms with Crippen LogP contribution in [0.2, 0.25) is 0 Å². The zero-order valence-electron chi connectivity index (χ0n) is 9.36. The molecule has 1 saturated heterocycles. The molecule has 1 N–H and O–H groups in total. The zero-order chi connectivity index (χ0) is 10.7. The van der Waals surface area contributed by atoms with Crippen molar-refractivity contribution < 1.29 is 4.74 Å². The maximum atomic E-state index is 5.39. The Morgan fingerprint density at radius 3 is 2.93 bits per heavy atom. The summed E-state index contributed by atoms with van der Waals surface area (Å²) in [6, 6.07) is 8.68. The lowest BCUT2D eigenvalue weighted by atomic mass is 10.0. The van der Waals surface area contributed by atoms with Gasteiger partial charge in [0.05, 0.1) is 13.2 Å². The number of hydrogen-bond donors (Lipinski definition) is 1. The third-order valence-corrected chi connectivity index (χ3v) is 3.01. The fraction of sp³-hybridized carbons (Fsp3) is 0.500. The van der Waals surface area contributed by atoms with E-state index in [0.717, 1.165) is 25.4 Å². The smallest absolute Gasteiger partial charge is 0.123 e. The summed E-state index contributed by atoms with van der Waals surface area (Å²) in [6.07, 6.45) is 0. The van der Waals surface area contributed by atoms with Crippen molar-refractivity contribution in [3.05, 3.63) is 29.8 Å². The fourth-order valence-electron chi connectivity index (χ4n) is 2.09. The topological polar surface area (TPSA) is 24.5 Å². The molecule has 2 rings (SSSR count). The number of nitrogens with one attached hydrogen (secondary N) is 1. The van der Waals surface area contributed by atoms with Crippen molar-refractivity contribution in [1.29, 1.82) is 0 Å². The van der Waals surface area contributed by atoms with Gasteiger partial charge in [0.2, 0.25) is 0 Å². The number of ether oxygens (including phenoxy) is 1. The lowest BCUT2D eigenvalue weighted by Crippen LogP contribution is -2.43. The lowest BCUT2D eigenvalue weighted by molar-refractivity contribution is 0.198. The second-order valence-electron chi connectivity index (χ2n) is 3.94. The molecule has 0 radical (unpaired) electrons. The van der Waals surface area contributed by atoms with E-state index < -0.39 is 0 Å². The Hall–Kier alpha value is -1.06. The number of hydrogen-bond acceptors (Lipinski definition) is 3. The molecule has 82 valence electrons. The summed E-state index contributed by atoms with van der Waals surface area (Å²) in [5.74, 6) is 0.984. The highest BCUT2D eigenvalue weighted by molar-refractivity contribution is 5.36. The van der Waals surface area contributed by atoms with Crippen molar-refractivity contribution in [3.8, 4) is 5.75 Å². The van der Waals surface area contributed by atoms with Crippen LogP contribution in [0.25, 0.3) is 0 Å². The molecule has 1 aromatic rings. The Balaban J connectivity index is 2.26. The molecular formula is C12H18N2O. The number of piperazine rings is 1. The Kier molecular flexibility index (Phi) is 3.23. The average Bonchev–Trinajstić information content (AvgIpc) is 2.30. The zero-order valence-corrected chi connectivity index (χ0v) is 9.36. The summed E-state index contributed by atoms with van der Waals surface area (Å²) in [7, 11) is 3.90. The second-order valence-corrected chi connectivity index (χ2v) is 3.94. The molecule has 0 unspecified atom stereocenters. The standard InChI is InChI=1S/C12H18N2O/c1-14-8-7-13-9-11(14)10-5-3-4-6-12(10)15-2/h3-6,11,13H,7-9H2,1-2H3/t11-/m0/s1. The number of rotatable bonds is 2. The van der Waals surface area contributed by atoms with Crippen LogP contribution in [-0.2, 0) is 0 Å². The second kappa shape index (κ2) is 4.64. The molecule has 1 atom stereocenters. The first kappa shape index (κ1) is 10.5. The van der Waals surface area contributed by atoms with Crippen molar-refractivity contribution in [2.45, 2.75) is 6.04 Å². The number of nitrogens with zero attached hydrogens (tertiary/aromatic N) is 1. The van der Waals surface area contributed by atoms with Gasteiger partial charge in [-0.25, -0.2) is 0 Å². The highest BCUT2D eigenvalue weighted by Crippen LogP contribution is 2.28. The summed E-state index contributed by atoms with van der Waals surface area (Å²) in [6.45, 7) is 3.15. The van der Waals surface area contributed by atoms with E-state index in [9.17, 15) is 0 Å². The third-order valence-electron chi connectivity index (χ3n) is 3.01. The summed E-state index contributed by atoms with van der Waals surface area (Å²) >= 11 is 0. The van der Waals surface area contributed by atoms with Crippen LogP contribution in [0.4, 0.5) is 0 Å². The summed E-state index contributed by atoms with van der Waals surface area (Å²) in [5.41, 5.74) is 1.27. The molecule has 15 heavy (non-hydrogen) atoms. The summed E-state index contributed by atoms with van der Waals surface area (Å²) < 4.78 is 5.39. The molecule has 1 aliphatic rings. The van der Waals surface area contributed by atoms with E-state index in [2.05, 4.69) is 29.4 Å². The predicted octanol–water partition coefficient (Wildman–Crippen LogP) is 1.27. The quantitative estimate of drug-likeness (QED) is 0.788. The molecule has 3 heteroatoms. The number of methoxy groups -OCH3 is 1. The van der Waals surface area contributed by atoms with Gasteiger partial charge in [-0.2, -0.15) is 0 Å². The summed E-state index contributed by atoms with van der Waals surface area (Å²) in [5, 5.41) is 3.42. The van der Waals surface area contributed by atoms with E-state index in [-0.39, 0.29) is 0 Å². The maximum Gasteiger partial charge on any atom is 0.123 e. The van der Waals surface area contributed by atoms with Crippen LogP contribution < -0.4 is 10.1 Å². The van der Waals surface area contributed by atoms with Gasteiger partial charge in [-0.3, -0.25) is 4.90 Å². The van der Waals surface area contributed by atoms with Gasteiger partial charge in [0.1, 0.15) is 5.75 Å². The minimum Gasteiger partial charge on any atom is -0.496 e. The molecule has 1 fully saturated rings. The van der Waals surface area contributed by atoms with Crippen LogP contribution in [0.15, 0.2) is 24.3 Å². The molecule has 0 saturated carbocycles. The van der Waals surface area contributed by atoms with Gasteiger partial charge in [-0.15, -0.1) is 0 Å². The lowest BCUT2D eigenvalue weighted by Gasteiger charge is -2.34. The molecule has 1 heterocycles. The third kappa shape index (κ3) is 2.13. The number of likely N-dealkylation sites (N-methyl/N-ethyl adjacent to an activating group) is 1.